The molecule has 1 fully saturated rings. The van der Waals surface area contributed by atoms with Crippen LogP contribution in [0.4, 0.5) is 13.2 Å². The summed E-state index contributed by atoms with van der Waals surface area (Å²) in [6, 6.07) is 0. The Morgan fingerprint density at radius 1 is 1.38 bits per heavy atom. The molecular weight excluding hydrogens is 179 g/mol. The van der Waals surface area contributed by atoms with Gasteiger partial charge in [0, 0.05) is 6.54 Å². The van der Waals surface area contributed by atoms with Crippen LogP contribution in [0, 0.1) is 5.92 Å². The van der Waals surface area contributed by atoms with Gasteiger partial charge < -0.3 is 0 Å². The topological polar surface area (TPSA) is 3.24 Å². The van der Waals surface area contributed by atoms with Crippen LogP contribution in [-0.2, 0) is 0 Å². The lowest BCUT2D eigenvalue weighted by atomic mass is 10.2. The molecular formula is C9H16F3N. The van der Waals surface area contributed by atoms with Gasteiger partial charge in [-0.1, -0.05) is 6.92 Å². The standard InChI is InChI=1S/C7H12F3N.C2H4/c1-6-2-3-11(4-6)5-7(8,9)10;1-2/h6H,2-5H2,1H3;1-2H2. The van der Waals surface area contributed by atoms with Crippen molar-refractivity contribution in [3.8, 4) is 0 Å². The Hall–Kier alpha value is -0.510. The van der Waals surface area contributed by atoms with Gasteiger partial charge in [0.25, 0.3) is 0 Å². The van der Waals surface area contributed by atoms with Gasteiger partial charge in [0.15, 0.2) is 0 Å². The molecule has 13 heavy (non-hydrogen) atoms. The third kappa shape index (κ3) is 5.69. The van der Waals surface area contributed by atoms with Gasteiger partial charge in [-0.2, -0.15) is 13.2 Å². The van der Waals surface area contributed by atoms with E-state index in [4.69, 9.17) is 0 Å². The molecule has 0 amide bonds. The third-order valence-corrected chi connectivity index (χ3v) is 1.91. The zero-order chi connectivity index (χ0) is 10.5. The van der Waals surface area contributed by atoms with Crippen molar-refractivity contribution in [2.45, 2.75) is 19.5 Å². The number of hydrogen-bond donors (Lipinski definition) is 0. The highest BCUT2D eigenvalue weighted by atomic mass is 19.4. The summed E-state index contributed by atoms with van der Waals surface area (Å²) in [5.41, 5.74) is 0. The molecule has 1 aliphatic heterocycles. The van der Waals surface area contributed by atoms with Gasteiger partial charge in [-0.3, -0.25) is 4.90 Å². The van der Waals surface area contributed by atoms with Crippen molar-refractivity contribution in [2.75, 3.05) is 19.6 Å². The van der Waals surface area contributed by atoms with Crippen LogP contribution >= 0.6 is 0 Å². The first-order valence-corrected chi connectivity index (χ1v) is 4.26. The highest BCUT2D eigenvalue weighted by Crippen LogP contribution is 2.21. The molecule has 1 rings (SSSR count). The van der Waals surface area contributed by atoms with E-state index in [0.29, 0.717) is 19.0 Å². The molecule has 78 valence electrons. The van der Waals surface area contributed by atoms with Crippen LogP contribution in [0.5, 0.6) is 0 Å². The second-order valence-corrected chi connectivity index (χ2v) is 3.24. The predicted octanol–water partition coefficient (Wildman–Crippen LogP) is 2.69. The lowest BCUT2D eigenvalue weighted by Gasteiger charge is -2.16. The fourth-order valence-corrected chi connectivity index (χ4v) is 1.42. The first-order valence-electron chi connectivity index (χ1n) is 4.26. The van der Waals surface area contributed by atoms with Crippen molar-refractivity contribution < 1.29 is 13.2 Å². The van der Waals surface area contributed by atoms with Gasteiger partial charge >= 0.3 is 6.18 Å². The summed E-state index contributed by atoms with van der Waals surface area (Å²) in [6.45, 7) is 8.44. The zero-order valence-corrected chi connectivity index (χ0v) is 7.90. The summed E-state index contributed by atoms with van der Waals surface area (Å²) < 4.78 is 35.4. The smallest absolute Gasteiger partial charge is 0.295 e. The summed E-state index contributed by atoms with van der Waals surface area (Å²) in [5, 5.41) is 0. The van der Waals surface area contributed by atoms with Crippen molar-refractivity contribution in [3.05, 3.63) is 13.2 Å². The second-order valence-electron chi connectivity index (χ2n) is 3.24. The average Bonchev–Trinajstić information content (AvgIpc) is 2.36. The number of hydrogen-bond acceptors (Lipinski definition) is 1. The maximum absolute atomic E-state index is 11.8. The van der Waals surface area contributed by atoms with Gasteiger partial charge in [-0.05, 0) is 18.9 Å². The van der Waals surface area contributed by atoms with Crippen molar-refractivity contribution in [2.24, 2.45) is 5.92 Å². The Bertz CT molecular complexity index is 144. The van der Waals surface area contributed by atoms with E-state index in [9.17, 15) is 13.2 Å². The first kappa shape index (κ1) is 12.5. The van der Waals surface area contributed by atoms with E-state index in [2.05, 4.69) is 13.2 Å². The van der Waals surface area contributed by atoms with Crippen LogP contribution in [0.15, 0.2) is 13.2 Å². The summed E-state index contributed by atoms with van der Waals surface area (Å²) in [6.07, 6.45) is -3.12. The quantitative estimate of drug-likeness (QED) is 0.581. The third-order valence-electron chi connectivity index (χ3n) is 1.91. The molecule has 0 aromatic rings. The monoisotopic (exact) mass is 195 g/mol. The van der Waals surface area contributed by atoms with E-state index in [1.807, 2.05) is 6.92 Å². The van der Waals surface area contributed by atoms with E-state index < -0.39 is 12.7 Å². The molecule has 0 bridgehead atoms. The Kier molecular flexibility index (Phi) is 5.06. The summed E-state index contributed by atoms with van der Waals surface area (Å²) in [4.78, 5) is 1.46. The highest BCUT2D eigenvalue weighted by molar-refractivity contribution is 4.74. The number of likely N-dealkylation sites (tertiary alicyclic amines) is 1. The van der Waals surface area contributed by atoms with Crippen LogP contribution in [0.3, 0.4) is 0 Å². The SMILES string of the molecule is C=C.CC1CCN(CC(F)(F)F)C1. The van der Waals surface area contributed by atoms with E-state index >= 15 is 0 Å². The number of alkyl halides is 3. The molecule has 0 radical (unpaired) electrons. The van der Waals surface area contributed by atoms with Gasteiger partial charge in [-0.15, -0.1) is 13.2 Å². The van der Waals surface area contributed by atoms with Gasteiger partial charge in [0.1, 0.15) is 0 Å². The largest absolute Gasteiger partial charge is 0.401 e. The second kappa shape index (κ2) is 5.27. The first-order chi connectivity index (χ1) is 5.97. The van der Waals surface area contributed by atoms with E-state index in [-0.39, 0.29) is 0 Å². The van der Waals surface area contributed by atoms with Crippen LogP contribution in [-0.4, -0.2) is 30.7 Å². The maximum Gasteiger partial charge on any atom is 0.401 e. The highest BCUT2D eigenvalue weighted by Gasteiger charge is 2.33. The number of nitrogens with zero attached hydrogens (tertiary/aromatic N) is 1. The fourth-order valence-electron chi connectivity index (χ4n) is 1.42. The van der Waals surface area contributed by atoms with Crippen molar-refractivity contribution >= 4 is 0 Å². The maximum atomic E-state index is 11.8. The zero-order valence-electron chi connectivity index (χ0n) is 7.90. The van der Waals surface area contributed by atoms with Crippen LogP contribution in [0.25, 0.3) is 0 Å². The molecule has 1 aliphatic rings. The molecule has 0 aromatic heterocycles. The Morgan fingerprint density at radius 3 is 2.23 bits per heavy atom. The summed E-state index contributed by atoms with van der Waals surface area (Å²) >= 11 is 0. The van der Waals surface area contributed by atoms with E-state index in [0.717, 1.165) is 6.42 Å². The number of rotatable bonds is 1. The Balaban J connectivity index is 0.000000671. The molecule has 0 N–H and O–H groups in total. The molecule has 0 saturated carbocycles. The minimum atomic E-state index is -4.02. The van der Waals surface area contributed by atoms with E-state index in [1.54, 1.807) is 0 Å². The molecule has 1 saturated heterocycles. The number of halogens is 3. The lowest BCUT2D eigenvalue weighted by molar-refractivity contribution is -0.143. The average molecular weight is 195 g/mol. The molecule has 0 spiro atoms. The Labute approximate surface area is 77.2 Å². The van der Waals surface area contributed by atoms with Crippen molar-refractivity contribution in [3.63, 3.8) is 0 Å². The molecule has 0 aliphatic carbocycles. The minimum absolute atomic E-state index is 0.428. The van der Waals surface area contributed by atoms with Gasteiger partial charge in [-0.25, -0.2) is 0 Å². The van der Waals surface area contributed by atoms with Crippen molar-refractivity contribution in [1.29, 1.82) is 0 Å². The summed E-state index contributed by atoms with van der Waals surface area (Å²) in [5.74, 6) is 0.428. The van der Waals surface area contributed by atoms with Crippen LogP contribution < -0.4 is 0 Å². The fraction of sp³-hybridized carbons (Fsp3) is 0.778. The molecule has 4 heteroatoms. The molecule has 1 atom stereocenters. The molecule has 1 heterocycles. The van der Waals surface area contributed by atoms with Gasteiger partial charge in [0.05, 0.1) is 6.54 Å². The Morgan fingerprint density at radius 2 is 1.92 bits per heavy atom. The van der Waals surface area contributed by atoms with Gasteiger partial charge in [0.2, 0.25) is 0 Å². The molecule has 1 unspecified atom stereocenters. The normalized spacial score (nSPS) is 23.8. The molecule has 0 aromatic carbocycles. The summed E-state index contributed by atoms with van der Waals surface area (Å²) in [7, 11) is 0. The predicted molar refractivity (Wildman–Crippen MR) is 47.5 cm³/mol. The minimum Gasteiger partial charge on any atom is -0.295 e. The molecule has 1 nitrogen and oxygen atoms in total. The van der Waals surface area contributed by atoms with Crippen LogP contribution in [0.1, 0.15) is 13.3 Å². The van der Waals surface area contributed by atoms with Crippen molar-refractivity contribution in [1.82, 2.24) is 4.90 Å². The van der Waals surface area contributed by atoms with E-state index in [1.165, 1.54) is 4.90 Å². The van der Waals surface area contributed by atoms with Crippen LogP contribution in [0.2, 0.25) is 0 Å². The lowest BCUT2D eigenvalue weighted by Crippen LogP contribution is -2.32.